The van der Waals surface area contributed by atoms with E-state index in [0.29, 0.717) is 5.92 Å². The molecule has 2 atom stereocenters. The summed E-state index contributed by atoms with van der Waals surface area (Å²) in [5.74, 6) is 0.290. The highest BCUT2D eigenvalue weighted by Crippen LogP contribution is 2.38. The SMILES string of the molecule is CCc1cccc2c1C1CNCC1N(Cl)C2=O. The average Bonchev–Trinajstić information content (AvgIpc) is 2.84. The van der Waals surface area contributed by atoms with Crippen molar-refractivity contribution in [3.8, 4) is 0 Å². The smallest absolute Gasteiger partial charge is 0.268 e. The molecule has 1 amide bonds. The largest absolute Gasteiger partial charge is 0.314 e. The summed E-state index contributed by atoms with van der Waals surface area (Å²) in [6, 6.07) is 6.05. The molecule has 2 heterocycles. The lowest BCUT2D eigenvalue weighted by molar-refractivity contribution is 0.0802. The summed E-state index contributed by atoms with van der Waals surface area (Å²) >= 11 is 6.14. The average molecular weight is 251 g/mol. The molecular formula is C13H15ClN2O. The van der Waals surface area contributed by atoms with Crippen molar-refractivity contribution in [3.63, 3.8) is 0 Å². The second-order valence-electron chi connectivity index (χ2n) is 4.68. The maximum Gasteiger partial charge on any atom is 0.268 e. The van der Waals surface area contributed by atoms with E-state index in [1.165, 1.54) is 15.5 Å². The van der Waals surface area contributed by atoms with E-state index >= 15 is 0 Å². The molecule has 1 saturated heterocycles. The van der Waals surface area contributed by atoms with Crippen molar-refractivity contribution >= 4 is 17.7 Å². The number of amides is 1. The molecule has 2 unspecified atom stereocenters. The van der Waals surface area contributed by atoms with Crippen molar-refractivity contribution < 1.29 is 4.79 Å². The Morgan fingerprint density at radius 2 is 2.29 bits per heavy atom. The van der Waals surface area contributed by atoms with Gasteiger partial charge < -0.3 is 5.32 Å². The fraction of sp³-hybridized carbons (Fsp3) is 0.462. The van der Waals surface area contributed by atoms with E-state index in [4.69, 9.17) is 11.8 Å². The molecule has 0 radical (unpaired) electrons. The molecule has 0 aromatic heterocycles. The highest BCUT2D eigenvalue weighted by molar-refractivity contribution is 6.25. The number of benzene rings is 1. The molecule has 0 aliphatic carbocycles. The van der Waals surface area contributed by atoms with Gasteiger partial charge >= 0.3 is 0 Å². The predicted molar refractivity (Wildman–Crippen MR) is 67.2 cm³/mol. The maximum atomic E-state index is 12.2. The Morgan fingerprint density at radius 3 is 3.06 bits per heavy atom. The second kappa shape index (κ2) is 4.00. The van der Waals surface area contributed by atoms with Crippen LogP contribution < -0.4 is 5.32 Å². The van der Waals surface area contributed by atoms with Crippen molar-refractivity contribution in [1.29, 1.82) is 0 Å². The number of nitrogens with zero attached hydrogens (tertiary/aromatic N) is 1. The van der Waals surface area contributed by atoms with E-state index in [0.717, 1.165) is 25.1 Å². The summed E-state index contributed by atoms with van der Waals surface area (Å²) < 4.78 is 1.38. The third-order valence-corrected chi connectivity index (χ3v) is 4.25. The third-order valence-electron chi connectivity index (χ3n) is 3.85. The molecule has 4 heteroatoms. The van der Waals surface area contributed by atoms with Gasteiger partial charge in [-0.25, -0.2) is 4.42 Å². The minimum atomic E-state index is -0.0538. The van der Waals surface area contributed by atoms with Gasteiger partial charge in [-0.15, -0.1) is 0 Å². The molecule has 0 saturated carbocycles. The van der Waals surface area contributed by atoms with Crippen LogP contribution in [0.3, 0.4) is 0 Å². The van der Waals surface area contributed by atoms with Gasteiger partial charge in [-0.2, -0.15) is 0 Å². The van der Waals surface area contributed by atoms with E-state index < -0.39 is 0 Å². The predicted octanol–water partition coefficient (Wildman–Crippen LogP) is 1.91. The molecule has 2 aliphatic rings. The van der Waals surface area contributed by atoms with E-state index in [1.54, 1.807) is 0 Å². The number of nitrogens with one attached hydrogen (secondary N) is 1. The van der Waals surface area contributed by atoms with Gasteiger partial charge in [-0.05, 0) is 23.6 Å². The third kappa shape index (κ3) is 1.49. The Bertz CT molecular complexity index is 474. The van der Waals surface area contributed by atoms with Gasteiger partial charge in [0.1, 0.15) is 0 Å². The Hall–Kier alpha value is -1.06. The van der Waals surface area contributed by atoms with Crippen LogP contribution in [0.5, 0.6) is 0 Å². The van der Waals surface area contributed by atoms with Crippen LogP contribution in [0.2, 0.25) is 0 Å². The normalized spacial score (nSPS) is 26.9. The van der Waals surface area contributed by atoms with Crippen molar-refractivity contribution in [2.75, 3.05) is 13.1 Å². The van der Waals surface area contributed by atoms with Gasteiger partial charge in [0, 0.05) is 36.3 Å². The van der Waals surface area contributed by atoms with Crippen LogP contribution in [-0.4, -0.2) is 29.5 Å². The van der Waals surface area contributed by atoms with Gasteiger partial charge in [0.25, 0.3) is 5.91 Å². The van der Waals surface area contributed by atoms with Gasteiger partial charge in [0.2, 0.25) is 0 Å². The number of fused-ring (bicyclic) bond motifs is 3. The minimum Gasteiger partial charge on any atom is -0.314 e. The molecule has 1 fully saturated rings. The number of carbonyl (C=O) groups excluding carboxylic acids is 1. The van der Waals surface area contributed by atoms with E-state index in [1.807, 2.05) is 12.1 Å². The number of hydrogen-bond acceptors (Lipinski definition) is 2. The highest BCUT2D eigenvalue weighted by Gasteiger charge is 2.42. The van der Waals surface area contributed by atoms with Crippen molar-refractivity contribution in [2.45, 2.75) is 25.3 Å². The summed E-state index contributed by atoms with van der Waals surface area (Å²) in [6.45, 7) is 3.83. The van der Waals surface area contributed by atoms with Crippen LogP contribution in [0, 0.1) is 0 Å². The monoisotopic (exact) mass is 250 g/mol. The molecule has 1 N–H and O–H groups in total. The van der Waals surface area contributed by atoms with Crippen molar-refractivity contribution in [3.05, 3.63) is 34.9 Å². The van der Waals surface area contributed by atoms with E-state index in [2.05, 4.69) is 18.3 Å². The Labute approximate surface area is 106 Å². The zero-order valence-corrected chi connectivity index (χ0v) is 10.5. The summed E-state index contributed by atoms with van der Waals surface area (Å²) in [6.07, 6.45) is 0.960. The van der Waals surface area contributed by atoms with Crippen LogP contribution in [0.15, 0.2) is 18.2 Å². The number of halogens is 1. The summed E-state index contributed by atoms with van der Waals surface area (Å²) in [4.78, 5) is 12.2. The number of rotatable bonds is 1. The summed E-state index contributed by atoms with van der Waals surface area (Å²) in [5.41, 5.74) is 3.27. The Balaban J connectivity index is 2.20. The lowest BCUT2D eigenvalue weighted by atomic mass is 9.82. The molecule has 0 spiro atoms. The van der Waals surface area contributed by atoms with Crippen molar-refractivity contribution in [2.24, 2.45) is 0 Å². The van der Waals surface area contributed by atoms with Gasteiger partial charge in [0.15, 0.2) is 0 Å². The maximum absolute atomic E-state index is 12.2. The lowest BCUT2D eigenvalue weighted by Crippen LogP contribution is -2.42. The first-order valence-corrected chi connectivity index (χ1v) is 6.39. The van der Waals surface area contributed by atoms with E-state index in [-0.39, 0.29) is 11.9 Å². The number of carbonyl (C=O) groups is 1. The molecule has 17 heavy (non-hydrogen) atoms. The van der Waals surface area contributed by atoms with Crippen LogP contribution >= 0.6 is 11.8 Å². The quantitative estimate of drug-likeness (QED) is 0.773. The standard InChI is InChI=1S/C13H15ClN2O/c1-2-8-4-3-5-9-12(8)10-6-15-7-11(10)16(14)13(9)17/h3-5,10-11,15H,2,6-7H2,1H3. The van der Waals surface area contributed by atoms with Crippen LogP contribution in [0.1, 0.15) is 34.3 Å². The highest BCUT2D eigenvalue weighted by atomic mass is 35.5. The number of hydrogen-bond donors (Lipinski definition) is 1. The summed E-state index contributed by atoms with van der Waals surface area (Å²) in [5, 5.41) is 3.33. The second-order valence-corrected chi connectivity index (χ2v) is 5.04. The zero-order chi connectivity index (χ0) is 12.0. The molecule has 1 aromatic rings. The first kappa shape index (κ1) is 11.1. The molecule has 90 valence electrons. The molecule has 2 aliphatic heterocycles. The van der Waals surface area contributed by atoms with Crippen LogP contribution in [0.4, 0.5) is 0 Å². The van der Waals surface area contributed by atoms with Crippen LogP contribution in [0.25, 0.3) is 0 Å². The molecule has 0 bridgehead atoms. The fourth-order valence-electron chi connectivity index (χ4n) is 3.01. The molecule has 1 aromatic carbocycles. The first-order valence-electron chi connectivity index (χ1n) is 6.06. The minimum absolute atomic E-state index is 0.0538. The van der Waals surface area contributed by atoms with Gasteiger partial charge in [0.05, 0.1) is 6.04 Å². The van der Waals surface area contributed by atoms with E-state index in [9.17, 15) is 4.79 Å². The fourth-order valence-corrected chi connectivity index (χ4v) is 3.31. The Kier molecular flexibility index (Phi) is 2.60. The number of aryl methyl sites for hydroxylation is 1. The van der Waals surface area contributed by atoms with Gasteiger partial charge in [-0.1, -0.05) is 19.1 Å². The van der Waals surface area contributed by atoms with Gasteiger partial charge in [-0.3, -0.25) is 4.79 Å². The topological polar surface area (TPSA) is 32.3 Å². The van der Waals surface area contributed by atoms with Crippen molar-refractivity contribution in [1.82, 2.24) is 9.74 Å². The molecule has 3 rings (SSSR count). The zero-order valence-electron chi connectivity index (χ0n) is 9.74. The first-order chi connectivity index (χ1) is 8.24. The summed E-state index contributed by atoms with van der Waals surface area (Å²) in [7, 11) is 0. The lowest BCUT2D eigenvalue weighted by Gasteiger charge is -2.34. The molecular weight excluding hydrogens is 236 g/mol. The molecule has 3 nitrogen and oxygen atoms in total. The van der Waals surface area contributed by atoms with Crippen LogP contribution in [-0.2, 0) is 6.42 Å². The Morgan fingerprint density at radius 1 is 1.47 bits per heavy atom.